The van der Waals surface area contributed by atoms with Crippen LogP contribution in [0.15, 0.2) is 42.9 Å². The van der Waals surface area contributed by atoms with Gasteiger partial charge in [0.05, 0.1) is 31.6 Å². The molecule has 3 N–H and O–H groups in total. The number of nitrogens with zero attached hydrogens (tertiary/aromatic N) is 5. The van der Waals surface area contributed by atoms with Gasteiger partial charge in [-0.3, -0.25) is 9.48 Å². The summed E-state index contributed by atoms with van der Waals surface area (Å²) in [6.07, 6.45) is 2.72. The van der Waals surface area contributed by atoms with Crippen LogP contribution in [-0.4, -0.2) is 44.7 Å². The summed E-state index contributed by atoms with van der Waals surface area (Å²) < 4.78 is 49.8. The number of hydrogen-bond acceptors (Lipinski definition) is 9. The Balaban J connectivity index is 1.68. The SMILES string of the molecule is [2H]C([2H])([2H])NC(=O)c1cnc2nc1Nc1cc(cc(-c3ncn(C)n3)c1OC)COCc1cc(ccc1F)N2. The third-order valence-corrected chi connectivity index (χ3v) is 5.42. The highest BCUT2D eigenvalue weighted by atomic mass is 19.1. The van der Waals surface area contributed by atoms with E-state index >= 15 is 0 Å². The van der Waals surface area contributed by atoms with Crippen LogP contribution in [0.3, 0.4) is 0 Å². The first-order chi connectivity index (χ1) is 18.6. The van der Waals surface area contributed by atoms with Crippen LogP contribution in [0.2, 0.25) is 0 Å². The lowest BCUT2D eigenvalue weighted by Crippen LogP contribution is -2.20. The molecule has 12 heteroatoms. The van der Waals surface area contributed by atoms with Crippen molar-refractivity contribution >= 4 is 29.0 Å². The van der Waals surface area contributed by atoms with E-state index < -0.39 is 18.7 Å². The fourth-order valence-electron chi connectivity index (χ4n) is 3.78. The zero-order valence-corrected chi connectivity index (χ0v) is 19.3. The number of nitrogens with one attached hydrogen (secondary N) is 3. The van der Waals surface area contributed by atoms with E-state index in [2.05, 4.69) is 30.7 Å². The lowest BCUT2D eigenvalue weighted by atomic mass is 10.1. The Kier molecular flexibility index (Phi) is 5.24. The predicted molar refractivity (Wildman–Crippen MR) is 130 cm³/mol. The van der Waals surface area contributed by atoms with Gasteiger partial charge < -0.3 is 25.4 Å². The Bertz CT molecular complexity index is 1560. The first-order valence-corrected chi connectivity index (χ1v) is 10.8. The molecule has 2 aromatic carbocycles. The van der Waals surface area contributed by atoms with Crippen LogP contribution in [0.4, 0.5) is 27.5 Å². The van der Waals surface area contributed by atoms with E-state index in [1.54, 1.807) is 25.2 Å². The highest BCUT2D eigenvalue weighted by Gasteiger charge is 2.21. The number of rotatable bonds is 3. The second kappa shape index (κ2) is 9.58. The molecule has 11 nitrogen and oxygen atoms in total. The van der Waals surface area contributed by atoms with Crippen molar-refractivity contribution in [3.63, 3.8) is 0 Å². The summed E-state index contributed by atoms with van der Waals surface area (Å²) in [4.78, 5) is 25.8. The lowest BCUT2D eigenvalue weighted by Gasteiger charge is -2.18. The Morgan fingerprint density at radius 2 is 2.14 bits per heavy atom. The molecule has 1 aliphatic heterocycles. The molecule has 0 unspecified atom stereocenters. The van der Waals surface area contributed by atoms with Gasteiger partial charge in [0.2, 0.25) is 5.95 Å². The summed E-state index contributed by atoms with van der Waals surface area (Å²) in [5.74, 6) is -0.598. The molecule has 0 saturated carbocycles. The van der Waals surface area contributed by atoms with Crippen molar-refractivity contribution in [1.82, 2.24) is 30.0 Å². The summed E-state index contributed by atoms with van der Waals surface area (Å²) in [7, 11) is 3.19. The quantitative estimate of drug-likeness (QED) is 0.394. The van der Waals surface area contributed by atoms with Crippen molar-refractivity contribution in [2.45, 2.75) is 13.2 Å². The van der Waals surface area contributed by atoms with Crippen LogP contribution >= 0.6 is 0 Å². The molecular weight excluding hydrogens is 467 g/mol. The Hall–Kier alpha value is -4.58. The third-order valence-electron chi connectivity index (χ3n) is 5.42. The van der Waals surface area contributed by atoms with Gasteiger partial charge in [-0.1, -0.05) is 0 Å². The predicted octanol–water partition coefficient (Wildman–Crippen LogP) is 3.30. The molecule has 36 heavy (non-hydrogen) atoms. The van der Waals surface area contributed by atoms with E-state index in [4.69, 9.17) is 13.6 Å². The summed E-state index contributed by atoms with van der Waals surface area (Å²) in [6, 6.07) is 7.86. The lowest BCUT2D eigenvalue weighted by molar-refractivity contribution is 0.0963. The summed E-state index contributed by atoms with van der Waals surface area (Å²) in [5.41, 5.74) is 2.21. The molecule has 0 saturated heterocycles. The van der Waals surface area contributed by atoms with Crippen LogP contribution in [0.1, 0.15) is 25.6 Å². The highest BCUT2D eigenvalue weighted by molar-refractivity contribution is 5.99. The topological polar surface area (TPSA) is 128 Å². The number of benzene rings is 2. The number of methoxy groups -OCH3 is 1. The van der Waals surface area contributed by atoms with Crippen molar-refractivity contribution in [1.29, 1.82) is 0 Å². The molecule has 0 fully saturated rings. The number of aryl methyl sites for hydroxylation is 1. The average Bonchev–Trinajstić information content (AvgIpc) is 3.30. The number of ether oxygens (including phenoxy) is 2. The molecule has 6 bridgehead atoms. The van der Waals surface area contributed by atoms with Gasteiger partial charge in [-0.2, -0.15) is 10.1 Å². The summed E-state index contributed by atoms with van der Waals surface area (Å²) in [5, 5.41) is 12.4. The van der Waals surface area contributed by atoms with E-state index in [0.29, 0.717) is 39.6 Å². The van der Waals surface area contributed by atoms with Gasteiger partial charge in [0.25, 0.3) is 5.91 Å². The fraction of sp³-hybridized carbons (Fsp3) is 0.208. The molecule has 0 atom stereocenters. The van der Waals surface area contributed by atoms with Gasteiger partial charge in [0.15, 0.2) is 11.6 Å². The van der Waals surface area contributed by atoms with E-state index in [1.807, 2.05) is 5.32 Å². The molecule has 184 valence electrons. The van der Waals surface area contributed by atoms with Gasteiger partial charge in [-0.25, -0.2) is 14.4 Å². The first kappa shape index (κ1) is 19.7. The zero-order chi connectivity index (χ0) is 27.7. The molecule has 0 radical (unpaired) electrons. The second-order valence-electron chi connectivity index (χ2n) is 7.93. The van der Waals surface area contributed by atoms with Crippen LogP contribution in [0.25, 0.3) is 11.4 Å². The van der Waals surface area contributed by atoms with Crippen LogP contribution in [-0.2, 0) is 25.0 Å². The van der Waals surface area contributed by atoms with Gasteiger partial charge >= 0.3 is 0 Å². The van der Waals surface area contributed by atoms with Crippen LogP contribution in [0, 0.1) is 5.82 Å². The number of carbonyl (C=O) groups excluding carboxylic acids is 1. The van der Waals surface area contributed by atoms with Crippen molar-refractivity contribution < 1.29 is 22.8 Å². The Morgan fingerprint density at radius 1 is 1.25 bits per heavy atom. The van der Waals surface area contributed by atoms with E-state index in [-0.39, 0.29) is 30.5 Å². The fourth-order valence-corrected chi connectivity index (χ4v) is 3.78. The molecular formula is C24H23FN8O3. The number of amides is 1. The van der Waals surface area contributed by atoms with Crippen LogP contribution in [0.5, 0.6) is 5.75 Å². The standard InChI is InChI=1S/C24H23FN8O3/c1-26-23(34)17-9-27-24-29-15-4-5-18(25)14(8-15)11-36-10-13-6-16(21-28-12-33(2)32-21)20(35-3)19(7-13)30-22(17)31-24/h4-9,12H,10-11H2,1-3H3,(H,26,34)(H2,27,29,30,31)/i1D3. The second-order valence-corrected chi connectivity index (χ2v) is 7.93. The number of halogens is 1. The molecule has 1 aliphatic rings. The molecule has 2 aromatic heterocycles. The van der Waals surface area contributed by atoms with Crippen molar-refractivity contribution in [3.8, 4) is 17.1 Å². The van der Waals surface area contributed by atoms with Crippen molar-refractivity contribution in [2.24, 2.45) is 7.05 Å². The smallest absolute Gasteiger partial charge is 0.256 e. The maximum Gasteiger partial charge on any atom is 0.256 e. The number of carbonyl (C=O) groups is 1. The van der Waals surface area contributed by atoms with Gasteiger partial charge in [-0.05, 0) is 35.9 Å². The van der Waals surface area contributed by atoms with E-state index in [0.717, 1.165) is 0 Å². The minimum atomic E-state index is -2.74. The van der Waals surface area contributed by atoms with Crippen molar-refractivity contribution in [2.75, 3.05) is 24.7 Å². The highest BCUT2D eigenvalue weighted by Crippen LogP contribution is 2.39. The maximum atomic E-state index is 14.5. The maximum absolute atomic E-state index is 14.5. The van der Waals surface area contributed by atoms with E-state index in [1.165, 1.54) is 36.4 Å². The zero-order valence-electron chi connectivity index (χ0n) is 22.3. The monoisotopic (exact) mass is 493 g/mol. The number of anilines is 4. The minimum Gasteiger partial charge on any atom is -0.494 e. The van der Waals surface area contributed by atoms with E-state index in [9.17, 15) is 9.18 Å². The largest absolute Gasteiger partial charge is 0.494 e. The number of aromatic nitrogens is 5. The van der Waals surface area contributed by atoms with Gasteiger partial charge in [-0.15, -0.1) is 0 Å². The minimum absolute atomic E-state index is 0.00630. The molecule has 5 rings (SSSR count). The molecule has 0 aliphatic carbocycles. The molecule has 3 heterocycles. The molecule has 4 aromatic rings. The number of hydrogen-bond donors (Lipinski definition) is 3. The summed E-state index contributed by atoms with van der Waals surface area (Å²) in [6.45, 7) is -2.65. The molecule has 0 spiro atoms. The summed E-state index contributed by atoms with van der Waals surface area (Å²) >= 11 is 0. The van der Waals surface area contributed by atoms with Crippen molar-refractivity contribution in [3.05, 3.63) is 65.4 Å². The molecule has 1 amide bonds. The number of fused-ring (bicyclic) bond motifs is 6. The average molecular weight is 494 g/mol. The normalized spacial score (nSPS) is 14.2. The third kappa shape index (κ3) is 4.53. The first-order valence-electron chi connectivity index (χ1n) is 12.3. The Labute approximate surface area is 209 Å². The van der Waals surface area contributed by atoms with Gasteiger partial charge in [0.1, 0.15) is 23.5 Å². The van der Waals surface area contributed by atoms with Crippen LogP contribution < -0.4 is 20.7 Å². The Morgan fingerprint density at radius 3 is 2.92 bits per heavy atom. The van der Waals surface area contributed by atoms with Gasteiger partial charge in [0, 0.05) is 35.6 Å².